The number of nitro benzene ring substituents is 1. The van der Waals surface area contributed by atoms with Crippen LogP contribution < -0.4 is 5.32 Å². The van der Waals surface area contributed by atoms with Crippen molar-refractivity contribution < 1.29 is 9.72 Å². The first-order valence-corrected chi connectivity index (χ1v) is 9.86. The lowest BCUT2D eigenvalue weighted by molar-refractivity contribution is -0.384. The van der Waals surface area contributed by atoms with Gasteiger partial charge in [-0.1, -0.05) is 72.0 Å². The Kier molecular flexibility index (Phi) is 5.31. The summed E-state index contributed by atoms with van der Waals surface area (Å²) in [5.74, 6) is -0.232. The largest absolute Gasteiger partial charge is 0.302 e. The van der Waals surface area contributed by atoms with Crippen LogP contribution in [0.2, 0.25) is 0 Å². The van der Waals surface area contributed by atoms with Crippen LogP contribution in [-0.2, 0) is 4.79 Å². The van der Waals surface area contributed by atoms with Gasteiger partial charge in [0.15, 0.2) is 5.13 Å². The number of nitro groups is 1. The van der Waals surface area contributed by atoms with E-state index in [-0.39, 0.29) is 23.9 Å². The smallest absolute Gasteiger partial charge is 0.270 e. The van der Waals surface area contributed by atoms with Crippen molar-refractivity contribution >= 4 is 38.3 Å². The number of carbonyl (C=O) groups excluding carboxylic acids is 1. The molecule has 0 fully saturated rings. The third-order valence-corrected chi connectivity index (χ3v) is 5.56. The number of benzene rings is 3. The van der Waals surface area contributed by atoms with Crippen molar-refractivity contribution in [2.45, 2.75) is 12.3 Å². The van der Waals surface area contributed by atoms with Gasteiger partial charge in [-0.15, -0.1) is 0 Å². The van der Waals surface area contributed by atoms with Crippen molar-refractivity contribution in [3.05, 3.63) is 100 Å². The van der Waals surface area contributed by atoms with Crippen molar-refractivity contribution in [2.24, 2.45) is 0 Å². The highest BCUT2D eigenvalue weighted by Gasteiger charge is 2.19. The summed E-state index contributed by atoms with van der Waals surface area (Å²) < 4.78 is 0.664. The first-order valence-electron chi connectivity index (χ1n) is 9.05. The number of hydrogen-bond donors (Lipinski definition) is 1. The summed E-state index contributed by atoms with van der Waals surface area (Å²) >= 11 is 1.23. The third-order valence-electron chi connectivity index (χ3n) is 4.62. The molecular weight excluding hydrogens is 386 g/mol. The Balaban J connectivity index is 1.55. The van der Waals surface area contributed by atoms with Gasteiger partial charge in [0.1, 0.15) is 0 Å². The molecule has 0 atom stereocenters. The maximum Gasteiger partial charge on any atom is 0.270 e. The van der Waals surface area contributed by atoms with Gasteiger partial charge in [0.05, 0.1) is 15.1 Å². The Morgan fingerprint density at radius 1 is 1.00 bits per heavy atom. The summed E-state index contributed by atoms with van der Waals surface area (Å²) in [5, 5.41) is 14.2. The van der Waals surface area contributed by atoms with Crippen LogP contribution in [0.4, 0.5) is 10.8 Å². The fourth-order valence-corrected chi connectivity index (χ4v) is 4.15. The molecule has 4 aromatic rings. The van der Waals surface area contributed by atoms with E-state index in [1.54, 1.807) is 6.07 Å². The first-order chi connectivity index (χ1) is 14.1. The predicted molar refractivity (Wildman–Crippen MR) is 114 cm³/mol. The number of nitrogens with zero attached hydrogens (tertiary/aromatic N) is 2. The normalized spacial score (nSPS) is 10.9. The molecule has 1 amide bonds. The van der Waals surface area contributed by atoms with Gasteiger partial charge in [0.25, 0.3) is 5.69 Å². The van der Waals surface area contributed by atoms with Crippen LogP contribution >= 0.6 is 11.3 Å². The van der Waals surface area contributed by atoms with Gasteiger partial charge in [-0.25, -0.2) is 4.98 Å². The molecular formula is C22H17N3O3S. The monoisotopic (exact) mass is 403 g/mol. The Bertz CT molecular complexity index is 1120. The Morgan fingerprint density at radius 2 is 1.62 bits per heavy atom. The van der Waals surface area contributed by atoms with Gasteiger partial charge < -0.3 is 5.32 Å². The standard InChI is InChI=1S/C22H17N3O3S/c26-21(24-22-23-19-12-11-17(25(27)28)13-20(19)29-22)14-18(15-7-3-1-4-8-15)16-9-5-2-6-10-16/h1-13,18H,14H2,(H,23,24,26). The molecule has 0 saturated carbocycles. The van der Waals surface area contributed by atoms with Gasteiger partial charge in [-0.2, -0.15) is 0 Å². The van der Waals surface area contributed by atoms with E-state index in [2.05, 4.69) is 10.3 Å². The molecule has 4 rings (SSSR count). The number of aromatic nitrogens is 1. The van der Waals surface area contributed by atoms with Gasteiger partial charge >= 0.3 is 0 Å². The van der Waals surface area contributed by atoms with E-state index in [4.69, 9.17) is 0 Å². The van der Waals surface area contributed by atoms with Crippen LogP contribution in [0.5, 0.6) is 0 Å². The van der Waals surface area contributed by atoms with E-state index >= 15 is 0 Å². The summed E-state index contributed by atoms with van der Waals surface area (Å²) in [6.07, 6.45) is 0.268. The molecule has 1 N–H and O–H groups in total. The van der Waals surface area contributed by atoms with Crippen LogP contribution in [0.1, 0.15) is 23.5 Å². The lowest BCUT2D eigenvalue weighted by Gasteiger charge is -2.17. The number of rotatable bonds is 6. The number of carbonyl (C=O) groups is 1. The predicted octanol–water partition coefficient (Wildman–Crippen LogP) is 5.37. The van der Waals surface area contributed by atoms with E-state index in [1.807, 2.05) is 60.7 Å². The highest BCUT2D eigenvalue weighted by atomic mass is 32.1. The second kappa shape index (κ2) is 8.20. The molecule has 144 valence electrons. The summed E-state index contributed by atoms with van der Waals surface area (Å²) in [7, 11) is 0. The Hall–Kier alpha value is -3.58. The minimum absolute atomic E-state index is 0.00671. The topological polar surface area (TPSA) is 85.1 Å². The second-order valence-corrected chi connectivity index (χ2v) is 7.59. The fraction of sp³-hybridized carbons (Fsp3) is 0.0909. The van der Waals surface area contributed by atoms with Crippen LogP contribution in [0.3, 0.4) is 0 Å². The number of hydrogen-bond acceptors (Lipinski definition) is 5. The van der Waals surface area contributed by atoms with Crippen molar-refractivity contribution in [2.75, 3.05) is 5.32 Å². The van der Waals surface area contributed by atoms with E-state index in [1.165, 1.54) is 23.5 Å². The van der Waals surface area contributed by atoms with Crippen molar-refractivity contribution in [1.82, 2.24) is 4.98 Å². The minimum atomic E-state index is -0.443. The van der Waals surface area contributed by atoms with E-state index in [9.17, 15) is 14.9 Å². The molecule has 0 unspecified atom stereocenters. The van der Waals surface area contributed by atoms with Crippen LogP contribution in [0.15, 0.2) is 78.9 Å². The van der Waals surface area contributed by atoms with Gasteiger partial charge in [-0.05, 0) is 17.2 Å². The van der Waals surface area contributed by atoms with Crippen molar-refractivity contribution in [3.63, 3.8) is 0 Å². The molecule has 0 aliphatic carbocycles. The first kappa shape index (κ1) is 18.8. The van der Waals surface area contributed by atoms with Crippen LogP contribution in [-0.4, -0.2) is 15.8 Å². The SMILES string of the molecule is O=C(CC(c1ccccc1)c1ccccc1)Nc1nc2ccc([N+](=O)[O-])cc2s1. The molecule has 6 nitrogen and oxygen atoms in total. The van der Waals surface area contributed by atoms with E-state index in [0.717, 1.165) is 11.1 Å². The quantitative estimate of drug-likeness (QED) is 0.347. The maximum atomic E-state index is 12.8. The molecule has 1 heterocycles. The average Bonchev–Trinajstić information content (AvgIpc) is 3.14. The molecule has 0 aliphatic rings. The van der Waals surface area contributed by atoms with Gasteiger partial charge in [-0.3, -0.25) is 14.9 Å². The van der Waals surface area contributed by atoms with Crippen LogP contribution in [0.25, 0.3) is 10.2 Å². The zero-order chi connectivity index (χ0) is 20.2. The molecule has 1 aromatic heterocycles. The zero-order valence-corrected chi connectivity index (χ0v) is 16.1. The number of amides is 1. The number of anilines is 1. The van der Waals surface area contributed by atoms with Gasteiger partial charge in [0, 0.05) is 24.5 Å². The summed E-state index contributed by atoms with van der Waals surface area (Å²) in [6.45, 7) is 0. The van der Waals surface area contributed by atoms with Crippen molar-refractivity contribution in [3.8, 4) is 0 Å². The summed E-state index contributed by atoms with van der Waals surface area (Å²) in [5.41, 5.74) is 2.76. The van der Waals surface area contributed by atoms with E-state index in [0.29, 0.717) is 15.3 Å². The lowest BCUT2D eigenvalue weighted by atomic mass is 9.88. The van der Waals surface area contributed by atoms with Crippen LogP contribution in [0, 0.1) is 10.1 Å². The highest BCUT2D eigenvalue weighted by Crippen LogP contribution is 2.31. The lowest BCUT2D eigenvalue weighted by Crippen LogP contribution is -2.16. The third kappa shape index (κ3) is 4.30. The molecule has 0 spiro atoms. The Morgan fingerprint density at radius 3 is 2.21 bits per heavy atom. The maximum absolute atomic E-state index is 12.8. The number of non-ortho nitro benzene ring substituents is 1. The molecule has 0 aliphatic heterocycles. The molecule has 0 saturated heterocycles. The van der Waals surface area contributed by atoms with E-state index < -0.39 is 4.92 Å². The number of thiazole rings is 1. The highest BCUT2D eigenvalue weighted by molar-refractivity contribution is 7.22. The van der Waals surface area contributed by atoms with Crippen molar-refractivity contribution in [1.29, 1.82) is 0 Å². The minimum Gasteiger partial charge on any atom is -0.302 e. The van der Waals surface area contributed by atoms with Gasteiger partial charge in [0.2, 0.25) is 5.91 Å². The second-order valence-electron chi connectivity index (χ2n) is 6.55. The summed E-state index contributed by atoms with van der Waals surface area (Å²) in [4.78, 5) is 27.6. The molecule has 0 radical (unpaired) electrons. The Labute approximate surface area is 171 Å². The zero-order valence-electron chi connectivity index (χ0n) is 15.3. The average molecular weight is 403 g/mol. The molecule has 7 heteroatoms. The fourth-order valence-electron chi connectivity index (χ4n) is 3.23. The molecule has 3 aromatic carbocycles. The number of nitrogens with one attached hydrogen (secondary N) is 1. The molecule has 0 bridgehead atoms. The number of fused-ring (bicyclic) bond motifs is 1. The molecule has 29 heavy (non-hydrogen) atoms. The summed E-state index contributed by atoms with van der Waals surface area (Å²) in [6, 6.07) is 24.3.